The van der Waals surface area contributed by atoms with Gasteiger partial charge >= 0.3 is 0 Å². The molecule has 0 aliphatic carbocycles. The van der Waals surface area contributed by atoms with Crippen LogP contribution in [0.25, 0.3) is 0 Å². The minimum atomic E-state index is 0.297. The second-order valence-corrected chi connectivity index (χ2v) is 11.9. The fraction of sp³-hybridized carbons (Fsp3) is 1.00. The zero-order valence-electron chi connectivity index (χ0n) is 19.5. The van der Waals surface area contributed by atoms with Crippen LogP contribution in [-0.2, 0) is 0 Å². The summed E-state index contributed by atoms with van der Waals surface area (Å²) < 4.78 is 0. The van der Waals surface area contributed by atoms with Crippen LogP contribution >= 0.6 is 0 Å². The number of rotatable bonds is 6. The number of nitrogens with zero attached hydrogens (tertiary/aromatic N) is 3. The van der Waals surface area contributed by atoms with E-state index in [4.69, 9.17) is 0 Å². The van der Waals surface area contributed by atoms with Gasteiger partial charge in [0.05, 0.1) is 0 Å². The molecular weight excluding hydrogens is 330 g/mol. The maximum absolute atomic E-state index is 2.91. The van der Waals surface area contributed by atoms with Crippen LogP contribution in [0.1, 0.15) is 99.8 Å². The van der Waals surface area contributed by atoms with E-state index in [2.05, 4.69) is 63.2 Å². The predicted octanol–water partition coefficient (Wildman–Crippen LogP) is 5.15. The first-order valence-electron chi connectivity index (χ1n) is 11.8. The van der Waals surface area contributed by atoms with Gasteiger partial charge in [-0.1, -0.05) is 6.42 Å². The lowest BCUT2D eigenvalue weighted by Gasteiger charge is -2.51. The highest BCUT2D eigenvalue weighted by atomic mass is 15.3. The molecule has 3 fully saturated rings. The molecule has 3 nitrogen and oxygen atoms in total. The zero-order valence-corrected chi connectivity index (χ0v) is 19.5. The summed E-state index contributed by atoms with van der Waals surface area (Å²) in [5.41, 5.74) is 0.965. The van der Waals surface area contributed by atoms with Gasteiger partial charge in [-0.2, -0.15) is 0 Å². The third-order valence-electron chi connectivity index (χ3n) is 7.83. The van der Waals surface area contributed by atoms with Crippen LogP contribution in [0.4, 0.5) is 0 Å². The average Bonchev–Trinajstić information content (AvgIpc) is 2.92. The Morgan fingerprint density at radius 3 is 1.74 bits per heavy atom. The summed E-state index contributed by atoms with van der Waals surface area (Å²) in [6.07, 6.45) is 11.0. The summed E-state index contributed by atoms with van der Waals surface area (Å²) in [5, 5.41) is 0. The monoisotopic (exact) mass is 377 g/mol. The van der Waals surface area contributed by atoms with Crippen LogP contribution < -0.4 is 0 Å². The average molecular weight is 378 g/mol. The van der Waals surface area contributed by atoms with Crippen LogP contribution in [0.5, 0.6) is 0 Å². The molecule has 0 aromatic rings. The Bertz CT molecular complexity index is 486. The molecule has 27 heavy (non-hydrogen) atoms. The summed E-state index contributed by atoms with van der Waals surface area (Å²) in [6, 6.07) is 1.51. The van der Waals surface area contributed by atoms with Gasteiger partial charge in [0.25, 0.3) is 0 Å². The highest BCUT2D eigenvalue weighted by molar-refractivity contribution is 4.99. The molecule has 3 aliphatic heterocycles. The molecule has 0 N–H and O–H groups in total. The van der Waals surface area contributed by atoms with Gasteiger partial charge in [-0.15, -0.1) is 0 Å². The van der Waals surface area contributed by atoms with E-state index in [0.29, 0.717) is 16.6 Å². The first-order chi connectivity index (χ1) is 12.5. The van der Waals surface area contributed by atoms with Gasteiger partial charge in [-0.05, 0) is 120 Å². The molecule has 2 atom stereocenters. The van der Waals surface area contributed by atoms with E-state index < -0.39 is 0 Å². The zero-order chi connectivity index (χ0) is 19.9. The van der Waals surface area contributed by atoms with E-state index in [0.717, 1.165) is 12.1 Å². The lowest BCUT2D eigenvalue weighted by Crippen LogP contribution is -2.58. The molecule has 3 rings (SSSR count). The molecule has 3 aliphatic rings. The molecule has 3 saturated heterocycles. The van der Waals surface area contributed by atoms with Crippen LogP contribution in [0.3, 0.4) is 0 Å². The smallest absolute Gasteiger partial charge is 0.0171 e. The van der Waals surface area contributed by atoms with E-state index in [1.54, 1.807) is 0 Å². The highest BCUT2D eigenvalue weighted by Gasteiger charge is 2.43. The Balaban J connectivity index is 1.67. The molecule has 2 unspecified atom stereocenters. The molecule has 0 spiro atoms. The van der Waals surface area contributed by atoms with Crippen LogP contribution in [0, 0.1) is 0 Å². The quantitative estimate of drug-likeness (QED) is 0.634. The fourth-order valence-electron chi connectivity index (χ4n) is 6.26. The fourth-order valence-corrected chi connectivity index (χ4v) is 6.26. The minimum Gasteiger partial charge on any atom is -0.298 e. The number of hydrogen-bond donors (Lipinski definition) is 0. The Morgan fingerprint density at radius 2 is 1.15 bits per heavy atom. The van der Waals surface area contributed by atoms with E-state index in [9.17, 15) is 0 Å². The summed E-state index contributed by atoms with van der Waals surface area (Å²) in [5.74, 6) is 0. The van der Waals surface area contributed by atoms with Crippen molar-refractivity contribution in [1.29, 1.82) is 0 Å². The lowest BCUT2D eigenvalue weighted by molar-refractivity contribution is -0.0131. The topological polar surface area (TPSA) is 9.72 Å². The van der Waals surface area contributed by atoms with Gasteiger partial charge in [0.1, 0.15) is 0 Å². The van der Waals surface area contributed by atoms with Crippen molar-refractivity contribution in [3.8, 4) is 0 Å². The number of likely N-dealkylation sites (tertiary alicyclic amines) is 3. The van der Waals surface area contributed by atoms with E-state index in [-0.39, 0.29) is 0 Å². The van der Waals surface area contributed by atoms with Gasteiger partial charge < -0.3 is 0 Å². The molecule has 0 radical (unpaired) electrons. The summed E-state index contributed by atoms with van der Waals surface area (Å²) >= 11 is 0. The highest BCUT2D eigenvalue weighted by Crippen LogP contribution is 2.39. The molecule has 0 aromatic heterocycles. The van der Waals surface area contributed by atoms with Crippen molar-refractivity contribution in [3.05, 3.63) is 0 Å². The molecule has 3 heteroatoms. The van der Waals surface area contributed by atoms with Crippen LogP contribution in [0.2, 0.25) is 0 Å². The minimum absolute atomic E-state index is 0.297. The second-order valence-electron chi connectivity index (χ2n) is 11.9. The Hall–Kier alpha value is -0.120. The summed E-state index contributed by atoms with van der Waals surface area (Å²) in [4.78, 5) is 8.43. The van der Waals surface area contributed by atoms with Gasteiger partial charge in [-0.25, -0.2) is 0 Å². The summed E-state index contributed by atoms with van der Waals surface area (Å²) in [6.45, 7) is 22.5. The van der Waals surface area contributed by atoms with Gasteiger partial charge in [-0.3, -0.25) is 14.7 Å². The molecule has 158 valence electrons. The van der Waals surface area contributed by atoms with Crippen molar-refractivity contribution in [3.63, 3.8) is 0 Å². The maximum atomic E-state index is 2.91. The predicted molar refractivity (Wildman–Crippen MR) is 117 cm³/mol. The Morgan fingerprint density at radius 1 is 0.593 bits per heavy atom. The molecular formula is C24H47N3. The Kier molecular flexibility index (Phi) is 6.36. The van der Waals surface area contributed by atoms with Crippen molar-refractivity contribution in [2.45, 2.75) is 129 Å². The molecule has 0 amide bonds. The van der Waals surface area contributed by atoms with E-state index in [1.165, 1.54) is 77.5 Å². The third-order valence-corrected chi connectivity index (χ3v) is 7.83. The standard InChI is InChI=1S/C24H47N3/c1-22(2,3)26-16-9-8-12-20(26)19-24(6,7)27-17-10-13-21(27)18-23(4,5)25-14-11-15-25/h20-21H,8-19H2,1-7H3. The largest absolute Gasteiger partial charge is 0.298 e. The van der Waals surface area contributed by atoms with Gasteiger partial charge in [0, 0.05) is 28.7 Å². The van der Waals surface area contributed by atoms with Crippen LogP contribution in [-0.4, -0.2) is 69.6 Å². The second kappa shape index (κ2) is 7.95. The van der Waals surface area contributed by atoms with Crippen molar-refractivity contribution in [2.24, 2.45) is 0 Å². The van der Waals surface area contributed by atoms with E-state index >= 15 is 0 Å². The van der Waals surface area contributed by atoms with Gasteiger partial charge in [0.15, 0.2) is 0 Å². The van der Waals surface area contributed by atoms with Crippen LogP contribution in [0.15, 0.2) is 0 Å². The Labute approximate surface area is 169 Å². The molecule has 0 bridgehead atoms. The van der Waals surface area contributed by atoms with Gasteiger partial charge in [0.2, 0.25) is 0 Å². The van der Waals surface area contributed by atoms with Crippen molar-refractivity contribution in [2.75, 3.05) is 26.2 Å². The number of piperidine rings is 1. The maximum Gasteiger partial charge on any atom is 0.0171 e. The van der Waals surface area contributed by atoms with Crippen molar-refractivity contribution < 1.29 is 0 Å². The molecule has 3 heterocycles. The first-order valence-corrected chi connectivity index (χ1v) is 11.8. The first kappa shape index (κ1) is 21.6. The molecule has 0 aromatic carbocycles. The summed E-state index contributed by atoms with van der Waals surface area (Å²) in [7, 11) is 0. The SMILES string of the molecule is CC(C)(C)N1CCCCC1CC(C)(C)N1CCCC1CC(C)(C)N1CCC1. The van der Waals surface area contributed by atoms with Crippen molar-refractivity contribution in [1.82, 2.24) is 14.7 Å². The van der Waals surface area contributed by atoms with E-state index in [1.807, 2.05) is 0 Å². The van der Waals surface area contributed by atoms with Crippen molar-refractivity contribution >= 4 is 0 Å². The number of hydrogen-bond acceptors (Lipinski definition) is 3. The normalized spacial score (nSPS) is 29.9. The lowest BCUT2D eigenvalue weighted by atomic mass is 9.83. The third kappa shape index (κ3) is 4.90. The molecule has 0 saturated carbocycles.